The summed E-state index contributed by atoms with van der Waals surface area (Å²) in [4.78, 5) is 3.91. The van der Waals surface area contributed by atoms with E-state index >= 15 is 0 Å². The summed E-state index contributed by atoms with van der Waals surface area (Å²) in [5.74, 6) is 0.640. The molecule has 1 aromatic carbocycles. The van der Waals surface area contributed by atoms with Crippen LogP contribution >= 0.6 is 23.5 Å². The van der Waals surface area contributed by atoms with Crippen LogP contribution in [0.15, 0.2) is 30.9 Å². The third-order valence-electron chi connectivity index (χ3n) is 3.89. The fourth-order valence-corrected chi connectivity index (χ4v) is 5.18. The third-order valence-corrected chi connectivity index (χ3v) is 7.24. The maximum absolute atomic E-state index is 14.2. The first-order chi connectivity index (χ1) is 11.0. The van der Waals surface area contributed by atoms with Gasteiger partial charge in [0.2, 0.25) is 0 Å². The van der Waals surface area contributed by atoms with Crippen molar-refractivity contribution >= 4 is 23.5 Å². The quantitative estimate of drug-likeness (QED) is 0.861. The minimum Gasteiger partial charge on any atom is -0.384 e. The molecule has 4 nitrogen and oxygen atoms in total. The first-order valence-electron chi connectivity index (χ1n) is 7.20. The SMILES string of the molecule is CC(O)(c1ccc(F)cc1F)C(Cn1cncn1)SC1CSC1. The summed E-state index contributed by atoms with van der Waals surface area (Å²) in [5.41, 5.74) is -1.35. The molecule has 0 bridgehead atoms. The summed E-state index contributed by atoms with van der Waals surface area (Å²) in [6.45, 7) is 1.97. The first-order valence-corrected chi connectivity index (χ1v) is 9.30. The summed E-state index contributed by atoms with van der Waals surface area (Å²) in [5, 5.41) is 15.2. The predicted octanol–water partition coefficient (Wildman–Crippen LogP) is 2.68. The zero-order valence-corrected chi connectivity index (χ0v) is 14.2. The second kappa shape index (κ2) is 6.78. The second-order valence-electron chi connectivity index (χ2n) is 5.67. The Labute approximate surface area is 141 Å². The molecule has 2 atom stereocenters. The van der Waals surface area contributed by atoms with Crippen LogP contribution in [-0.4, -0.2) is 41.9 Å². The number of hydrogen-bond acceptors (Lipinski definition) is 5. The maximum Gasteiger partial charge on any atom is 0.137 e. The van der Waals surface area contributed by atoms with Crippen LogP contribution < -0.4 is 0 Å². The molecule has 2 heterocycles. The lowest BCUT2D eigenvalue weighted by atomic mass is 9.91. The molecule has 2 aromatic rings. The molecule has 1 aliphatic rings. The smallest absolute Gasteiger partial charge is 0.137 e. The molecule has 1 fully saturated rings. The molecule has 2 unspecified atom stereocenters. The standard InChI is InChI=1S/C15H17F2N3OS2/c1-15(21,12-3-2-10(16)4-13(12)17)14(23-11-6-22-7-11)5-20-9-18-8-19-20/h2-4,8-9,11,14,21H,5-7H2,1H3. The zero-order chi connectivity index (χ0) is 16.4. The van der Waals surface area contributed by atoms with E-state index in [-0.39, 0.29) is 10.8 Å². The number of halogens is 2. The highest BCUT2D eigenvalue weighted by atomic mass is 32.2. The van der Waals surface area contributed by atoms with E-state index in [2.05, 4.69) is 10.1 Å². The Bertz CT molecular complexity index is 663. The topological polar surface area (TPSA) is 50.9 Å². The summed E-state index contributed by atoms with van der Waals surface area (Å²) in [7, 11) is 0. The van der Waals surface area contributed by atoms with Crippen LogP contribution in [0.4, 0.5) is 8.78 Å². The molecule has 0 aliphatic carbocycles. The molecule has 1 aromatic heterocycles. The van der Waals surface area contributed by atoms with Crippen molar-refractivity contribution in [1.82, 2.24) is 14.8 Å². The molecule has 0 radical (unpaired) electrons. The van der Waals surface area contributed by atoms with E-state index in [1.807, 2.05) is 11.8 Å². The van der Waals surface area contributed by atoms with E-state index in [1.165, 1.54) is 18.5 Å². The Morgan fingerprint density at radius 1 is 1.48 bits per heavy atom. The second-order valence-corrected chi connectivity index (χ2v) is 8.26. The van der Waals surface area contributed by atoms with E-state index in [1.54, 1.807) is 29.7 Å². The average Bonchev–Trinajstić information content (AvgIpc) is 2.93. The molecule has 0 amide bonds. The van der Waals surface area contributed by atoms with Crippen molar-refractivity contribution in [2.75, 3.05) is 11.5 Å². The van der Waals surface area contributed by atoms with Gasteiger partial charge in [0, 0.05) is 28.4 Å². The summed E-state index contributed by atoms with van der Waals surface area (Å²) in [6, 6.07) is 3.29. The molecular weight excluding hydrogens is 340 g/mol. The third kappa shape index (κ3) is 3.70. The Hall–Kier alpha value is -1.12. The summed E-state index contributed by atoms with van der Waals surface area (Å²) < 4.78 is 29.0. The van der Waals surface area contributed by atoms with Crippen LogP contribution in [-0.2, 0) is 12.1 Å². The predicted molar refractivity (Wildman–Crippen MR) is 88.4 cm³/mol. The minimum absolute atomic E-state index is 0.100. The molecule has 0 spiro atoms. The Kier molecular flexibility index (Phi) is 4.93. The molecule has 3 rings (SSSR count). The van der Waals surface area contributed by atoms with Gasteiger partial charge in [-0.25, -0.2) is 13.8 Å². The largest absolute Gasteiger partial charge is 0.384 e. The molecule has 124 valence electrons. The fraction of sp³-hybridized carbons (Fsp3) is 0.467. The molecule has 1 aliphatic heterocycles. The van der Waals surface area contributed by atoms with Crippen LogP contribution in [0, 0.1) is 11.6 Å². The van der Waals surface area contributed by atoms with Crippen molar-refractivity contribution in [3.05, 3.63) is 48.1 Å². The van der Waals surface area contributed by atoms with Gasteiger partial charge in [-0.05, 0) is 13.0 Å². The van der Waals surface area contributed by atoms with E-state index in [0.717, 1.165) is 17.6 Å². The van der Waals surface area contributed by atoms with Gasteiger partial charge in [-0.15, -0.1) is 11.8 Å². The number of rotatable bonds is 6. The van der Waals surface area contributed by atoms with E-state index in [4.69, 9.17) is 0 Å². The van der Waals surface area contributed by atoms with Crippen molar-refractivity contribution in [3.8, 4) is 0 Å². The van der Waals surface area contributed by atoms with Gasteiger partial charge >= 0.3 is 0 Å². The molecule has 1 N–H and O–H groups in total. The van der Waals surface area contributed by atoms with Crippen LogP contribution in [0.25, 0.3) is 0 Å². The number of aromatic nitrogens is 3. The van der Waals surface area contributed by atoms with Gasteiger partial charge in [-0.2, -0.15) is 16.9 Å². The van der Waals surface area contributed by atoms with Crippen molar-refractivity contribution < 1.29 is 13.9 Å². The lowest BCUT2D eigenvalue weighted by molar-refractivity contribution is 0.0450. The van der Waals surface area contributed by atoms with Crippen molar-refractivity contribution in [2.24, 2.45) is 0 Å². The van der Waals surface area contributed by atoms with Gasteiger partial charge < -0.3 is 5.11 Å². The number of nitrogens with zero attached hydrogens (tertiary/aromatic N) is 3. The minimum atomic E-state index is -1.45. The van der Waals surface area contributed by atoms with E-state index in [9.17, 15) is 13.9 Å². The first kappa shape index (κ1) is 16.7. The number of benzene rings is 1. The van der Waals surface area contributed by atoms with Crippen molar-refractivity contribution in [1.29, 1.82) is 0 Å². The van der Waals surface area contributed by atoms with Gasteiger partial charge in [0.05, 0.1) is 11.8 Å². The monoisotopic (exact) mass is 357 g/mol. The zero-order valence-electron chi connectivity index (χ0n) is 12.5. The van der Waals surface area contributed by atoms with Crippen LogP contribution in [0.2, 0.25) is 0 Å². The van der Waals surface area contributed by atoms with E-state index < -0.39 is 17.2 Å². The number of thioether (sulfide) groups is 2. The van der Waals surface area contributed by atoms with Crippen molar-refractivity contribution in [3.63, 3.8) is 0 Å². The van der Waals surface area contributed by atoms with Gasteiger partial charge in [-0.3, -0.25) is 4.68 Å². The highest BCUT2D eigenvalue weighted by Gasteiger charge is 2.39. The summed E-state index contributed by atoms with van der Waals surface area (Å²) in [6.07, 6.45) is 2.99. The molecule has 0 saturated carbocycles. The molecular formula is C15H17F2N3OS2. The van der Waals surface area contributed by atoms with Gasteiger partial charge in [0.25, 0.3) is 0 Å². The van der Waals surface area contributed by atoms with Gasteiger partial charge in [0.1, 0.15) is 29.9 Å². The molecule has 1 saturated heterocycles. The van der Waals surface area contributed by atoms with Gasteiger partial charge in [-0.1, -0.05) is 6.07 Å². The number of hydrogen-bond donors (Lipinski definition) is 1. The van der Waals surface area contributed by atoms with Crippen LogP contribution in [0.3, 0.4) is 0 Å². The highest BCUT2D eigenvalue weighted by Crippen LogP contribution is 2.41. The summed E-state index contributed by atoms with van der Waals surface area (Å²) >= 11 is 3.47. The number of aliphatic hydroxyl groups is 1. The average molecular weight is 357 g/mol. The van der Waals surface area contributed by atoms with Gasteiger partial charge in [0.15, 0.2) is 0 Å². The maximum atomic E-state index is 14.2. The van der Waals surface area contributed by atoms with Crippen molar-refractivity contribution in [2.45, 2.75) is 29.6 Å². The normalized spacial score (nSPS) is 19.1. The Morgan fingerprint density at radius 2 is 2.26 bits per heavy atom. The molecule has 23 heavy (non-hydrogen) atoms. The highest BCUT2D eigenvalue weighted by molar-refractivity contribution is 8.07. The van der Waals surface area contributed by atoms with Crippen LogP contribution in [0.5, 0.6) is 0 Å². The Balaban J connectivity index is 1.88. The fourth-order valence-electron chi connectivity index (χ4n) is 2.45. The molecule has 8 heteroatoms. The van der Waals surface area contributed by atoms with E-state index in [0.29, 0.717) is 11.8 Å². The Morgan fingerprint density at radius 3 is 2.83 bits per heavy atom. The lowest BCUT2D eigenvalue weighted by Crippen LogP contribution is -2.41. The lowest BCUT2D eigenvalue weighted by Gasteiger charge is -2.37. The van der Waals surface area contributed by atoms with Crippen LogP contribution in [0.1, 0.15) is 12.5 Å².